The Morgan fingerprint density at radius 3 is 2.74 bits per heavy atom. The van der Waals surface area contributed by atoms with Crippen LogP contribution in [-0.4, -0.2) is 37.3 Å². The zero-order chi connectivity index (χ0) is 17.4. The number of hydrogen-bond acceptors (Lipinski definition) is 3. The Bertz CT molecular complexity index is 383. The number of carbonyl (C=O) groups excluding carboxylic acids is 1. The number of nitrogens with zero attached hydrogens (tertiary/aromatic N) is 1. The zero-order valence-corrected chi connectivity index (χ0v) is 15.6. The van der Waals surface area contributed by atoms with Crippen LogP contribution in [0, 0.1) is 11.8 Å². The van der Waals surface area contributed by atoms with Crippen molar-refractivity contribution in [3.8, 4) is 0 Å². The van der Waals surface area contributed by atoms with Crippen LogP contribution in [0.3, 0.4) is 0 Å². The lowest BCUT2D eigenvalue weighted by molar-refractivity contribution is -0.173. The van der Waals surface area contributed by atoms with Crippen LogP contribution in [0.5, 0.6) is 0 Å². The Morgan fingerprint density at radius 2 is 2.13 bits per heavy atom. The molecule has 1 amide bonds. The summed E-state index contributed by atoms with van der Waals surface area (Å²) >= 11 is 0. The van der Waals surface area contributed by atoms with E-state index in [1.807, 2.05) is 6.92 Å². The fourth-order valence-corrected chi connectivity index (χ4v) is 3.33. The minimum absolute atomic E-state index is 0.0139. The number of hydrogen-bond donors (Lipinski definition) is 0. The van der Waals surface area contributed by atoms with Gasteiger partial charge in [0.15, 0.2) is 0 Å². The molecule has 0 bridgehead atoms. The maximum absolute atomic E-state index is 12.0. The molecule has 4 nitrogen and oxygen atoms in total. The molecule has 0 aliphatic carbocycles. The molecule has 1 rings (SSSR count). The average Bonchev–Trinajstić information content (AvgIpc) is 2.89. The lowest BCUT2D eigenvalue weighted by Gasteiger charge is -2.22. The first kappa shape index (κ1) is 20.2. The largest absolute Gasteiger partial charge is 0.370 e. The highest BCUT2D eigenvalue weighted by atomic mass is 16.7. The van der Waals surface area contributed by atoms with Crippen LogP contribution < -0.4 is 0 Å². The van der Waals surface area contributed by atoms with Crippen LogP contribution in [0.4, 0.5) is 0 Å². The minimum atomic E-state index is -0.0139. The quantitative estimate of drug-likeness (QED) is 0.443. The normalized spacial score (nSPS) is 23.8. The van der Waals surface area contributed by atoms with Crippen molar-refractivity contribution in [3.05, 3.63) is 12.2 Å². The van der Waals surface area contributed by atoms with Gasteiger partial charge in [-0.25, -0.2) is 5.06 Å². The van der Waals surface area contributed by atoms with Gasteiger partial charge in [0.25, 0.3) is 0 Å². The van der Waals surface area contributed by atoms with Gasteiger partial charge < -0.3 is 4.74 Å². The fourth-order valence-electron chi connectivity index (χ4n) is 3.33. The first-order valence-corrected chi connectivity index (χ1v) is 9.03. The highest BCUT2D eigenvalue weighted by Crippen LogP contribution is 2.31. The maximum Gasteiger partial charge on any atom is 0.248 e. The SMILES string of the molecule is C=C1C[C@H](CCCC)OC1CCC(C)CC(C)C(=O)N(C)OC. The third-order valence-electron chi connectivity index (χ3n) is 4.86. The molecule has 0 saturated carbocycles. The van der Waals surface area contributed by atoms with E-state index in [1.165, 1.54) is 30.6 Å². The van der Waals surface area contributed by atoms with Crippen LogP contribution in [-0.2, 0) is 14.4 Å². The van der Waals surface area contributed by atoms with Gasteiger partial charge in [0.1, 0.15) is 0 Å². The number of carbonyl (C=O) groups is 1. The summed E-state index contributed by atoms with van der Waals surface area (Å²) in [6.07, 6.45) is 8.17. The summed E-state index contributed by atoms with van der Waals surface area (Å²) < 4.78 is 6.14. The van der Waals surface area contributed by atoms with Crippen LogP contribution in [0.25, 0.3) is 0 Å². The predicted octanol–water partition coefficient (Wildman–Crippen LogP) is 4.35. The Labute approximate surface area is 142 Å². The molecule has 1 saturated heterocycles. The number of hydroxylamine groups is 2. The lowest BCUT2D eigenvalue weighted by atomic mass is 9.91. The molecule has 0 radical (unpaired) electrons. The van der Waals surface area contributed by atoms with E-state index in [0.717, 1.165) is 32.1 Å². The smallest absolute Gasteiger partial charge is 0.248 e. The predicted molar refractivity (Wildman–Crippen MR) is 93.9 cm³/mol. The van der Waals surface area contributed by atoms with Gasteiger partial charge >= 0.3 is 0 Å². The Hall–Kier alpha value is -0.870. The van der Waals surface area contributed by atoms with Gasteiger partial charge in [-0.15, -0.1) is 0 Å². The molecule has 0 aromatic carbocycles. The first-order valence-electron chi connectivity index (χ1n) is 9.03. The minimum Gasteiger partial charge on any atom is -0.370 e. The molecule has 0 N–H and O–H groups in total. The molecule has 0 aromatic heterocycles. The monoisotopic (exact) mass is 325 g/mol. The van der Waals surface area contributed by atoms with Crippen molar-refractivity contribution in [2.45, 2.75) is 77.9 Å². The number of rotatable bonds is 10. The van der Waals surface area contributed by atoms with E-state index in [-0.39, 0.29) is 17.9 Å². The number of amides is 1. The van der Waals surface area contributed by atoms with Crippen molar-refractivity contribution < 1.29 is 14.4 Å². The topological polar surface area (TPSA) is 38.8 Å². The van der Waals surface area contributed by atoms with E-state index in [0.29, 0.717) is 12.0 Å². The summed E-state index contributed by atoms with van der Waals surface area (Å²) in [4.78, 5) is 17.0. The van der Waals surface area contributed by atoms with E-state index >= 15 is 0 Å². The summed E-state index contributed by atoms with van der Waals surface area (Å²) in [5, 5.41) is 1.32. The molecule has 0 spiro atoms. The summed E-state index contributed by atoms with van der Waals surface area (Å²) in [7, 11) is 3.18. The maximum atomic E-state index is 12.0. The number of unbranched alkanes of at least 4 members (excludes halogenated alkanes) is 1. The van der Waals surface area contributed by atoms with Crippen molar-refractivity contribution in [2.24, 2.45) is 11.8 Å². The van der Waals surface area contributed by atoms with Gasteiger partial charge in [-0.1, -0.05) is 40.2 Å². The zero-order valence-electron chi connectivity index (χ0n) is 15.6. The highest BCUT2D eigenvalue weighted by molar-refractivity contribution is 5.77. The molecular formula is C19H35NO3. The van der Waals surface area contributed by atoms with Gasteiger partial charge in [0.05, 0.1) is 19.3 Å². The standard InChI is InChI=1S/C19H35NO3/c1-7-8-9-17-13-15(3)18(23-17)11-10-14(2)12-16(4)19(21)20(5)22-6/h14,16-18H,3,7-13H2,1-2,4-6H3/t14?,16?,17-,18?/m0/s1. The van der Waals surface area contributed by atoms with E-state index in [4.69, 9.17) is 9.57 Å². The summed E-state index contributed by atoms with van der Waals surface area (Å²) in [6, 6.07) is 0. The first-order chi connectivity index (χ1) is 10.9. The van der Waals surface area contributed by atoms with Gasteiger partial charge in [0, 0.05) is 13.0 Å². The molecule has 23 heavy (non-hydrogen) atoms. The Balaban J connectivity index is 2.31. The van der Waals surface area contributed by atoms with Gasteiger partial charge in [-0.05, 0) is 43.6 Å². The number of ether oxygens (including phenoxy) is 1. The Kier molecular flexibility index (Phi) is 8.85. The van der Waals surface area contributed by atoms with Crippen LogP contribution >= 0.6 is 0 Å². The third kappa shape index (κ3) is 6.64. The molecule has 134 valence electrons. The molecule has 3 unspecified atom stereocenters. The highest BCUT2D eigenvalue weighted by Gasteiger charge is 2.28. The molecule has 0 aromatic rings. The van der Waals surface area contributed by atoms with E-state index in [9.17, 15) is 4.79 Å². The van der Waals surface area contributed by atoms with Crippen molar-refractivity contribution in [2.75, 3.05) is 14.2 Å². The second-order valence-electron chi connectivity index (χ2n) is 7.09. The van der Waals surface area contributed by atoms with Crippen LogP contribution in [0.1, 0.15) is 65.7 Å². The van der Waals surface area contributed by atoms with Crippen molar-refractivity contribution in [1.82, 2.24) is 5.06 Å². The molecule has 4 atom stereocenters. The molecule has 4 heteroatoms. The Morgan fingerprint density at radius 1 is 1.43 bits per heavy atom. The molecule has 1 fully saturated rings. The van der Waals surface area contributed by atoms with Crippen molar-refractivity contribution in [1.29, 1.82) is 0 Å². The summed E-state index contributed by atoms with van der Waals surface area (Å²) in [5.41, 5.74) is 1.25. The van der Waals surface area contributed by atoms with Crippen LogP contribution in [0.15, 0.2) is 12.2 Å². The lowest BCUT2D eigenvalue weighted by Crippen LogP contribution is -2.31. The van der Waals surface area contributed by atoms with E-state index in [2.05, 4.69) is 20.4 Å². The van der Waals surface area contributed by atoms with E-state index < -0.39 is 0 Å². The second-order valence-corrected chi connectivity index (χ2v) is 7.09. The molecule has 1 aliphatic heterocycles. The molecule has 1 aliphatic rings. The second kappa shape index (κ2) is 10.1. The van der Waals surface area contributed by atoms with E-state index in [1.54, 1.807) is 7.05 Å². The summed E-state index contributed by atoms with van der Waals surface area (Å²) in [5.74, 6) is 0.519. The van der Waals surface area contributed by atoms with Crippen LogP contribution in [0.2, 0.25) is 0 Å². The van der Waals surface area contributed by atoms with Gasteiger partial charge in [0.2, 0.25) is 5.91 Å². The van der Waals surface area contributed by atoms with Gasteiger partial charge in [-0.3, -0.25) is 9.63 Å². The third-order valence-corrected chi connectivity index (χ3v) is 4.86. The average molecular weight is 325 g/mol. The summed E-state index contributed by atoms with van der Waals surface area (Å²) in [6.45, 7) is 10.6. The molecule has 1 heterocycles. The molecular weight excluding hydrogens is 290 g/mol. The van der Waals surface area contributed by atoms with Crippen molar-refractivity contribution >= 4 is 5.91 Å². The van der Waals surface area contributed by atoms with Gasteiger partial charge in [-0.2, -0.15) is 0 Å². The fraction of sp³-hybridized carbons (Fsp3) is 0.842. The van der Waals surface area contributed by atoms with Crippen molar-refractivity contribution in [3.63, 3.8) is 0 Å².